The van der Waals surface area contributed by atoms with Crippen molar-refractivity contribution in [2.45, 2.75) is 38.5 Å². The molecule has 0 unspecified atom stereocenters. The van der Waals surface area contributed by atoms with Crippen LogP contribution in [0.5, 0.6) is 0 Å². The highest BCUT2D eigenvalue weighted by Gasteiger charge is 2.45. The average molecular weight is 639 g/mol. The first-order chi connectivity index (χ1) is 24.3. The molecular weight excluding hydrogens is 601 g/mol. The zero-order valence-electron chi connectivity index (χ0n) is 29.0. The monoisotopic (exact) mass is 638 g/mol. The van der Waals surface area contributed by atoms with Crippen LogP contribution in [0.2, 0.25) is 0 Å². The second kappa shape index (κ2) is 10.4. The Balaban J connectivity index is 1.12. The third-order valence-electron chi connectivity index (χ3n) is 11.8. The fourth-order valence-corrected chi connectivity index (χ4v) is 9.30. The van der Waals surface area contributed by atoms with Gasteiger partial charge in [0, 0.05) is 10.8 Å². The van der Waals surface area contributed by atoms with E-state index in [4.69, 9.17) is 0 Å². The molecule has 8 aromatic carbocycles. The van der Waals surface area contributed by atoms with Gasteiger partial charge in [0.05, 0.1) is 0 Å². The first-order valence-electron chi connectivity index (χ1n) is 17.8. The maximum Gasteiger partial charge on any atom is 0.0162 e. The van der Waals surface area contributed by atoms with E-state index in [1.807, 2.05) is 0 Å². The lowest BCUT2D eigenvalue weighted by Crippen LogP contribution is -2.24. The lowest BCUT2D eigenvalue weighted by atomic mass is 9.72. The van der Waals surface area contributed by atoms with E-state index in [-0.39, 0.29) is 10.8 Å². The minimum absolute atomic E-state index is 0.0499. The average Bonchev–Trinajstić information content (AvgIpc) is 3.53. The van der Waals surface area contributed by atoms with Crippen molar-refractivity contribution in [1.29, 1.82) is 0 Å². The van der Waals surface area contributed by atoms with Gasteiger partial charge in [0.25, 0.3) is 0 Å². The van der Waals surface area contributed by atoms with Crippen molar-refractivity contribution in [2.24, 2.45) is 0 Å². The Morgan fingerprint density at radius 1 is 0.300 bits per heavy atom. The summed E-state index contributed by atoms with van der Waals surface area (Å²) in [5, 5.41) is 5.06. The van der Waals surface area contributed by atoms with Crippen LogP contribution in [-0.2, 0) is 10.8 Å². The highest BCUT2D eigenvalue weighted by atomic mass is 14.5. The molecule has 0 radical (unpaired) electrons. The maximum absolute atomic E-state index is 2.49. The Hall–Kier alpha value is -5.72. The van der Waals surface area contributed by atoms with Gasteiger partial charge in [0.15, 0.2) is 0 Å². The quantitative estimate of drug-likeness (QED) is 0.181. The van der Waals surface area contributed by atoms with Gasteiger partial charge in [-0.3, -0.25) is 0 Å². The summed E-state index contributed by atoms with van der Waals surface area (Å²) in [5.41, 5.74) is 18.7. The summed E-state index contributed by atoms with van der Waals surface area (Å²) in [7, 11) is 0. The van der Waals surface area contributed by atoms with Crippen molar-refractivity contribution in [3.05, 3.63) is 180 Å². The highest BCUT2D eigenvalue weighted by molar-refractivity contribution is 6.02. The Labute approximate surface area is 294 Å². The fraction of sp³-hybridized carbons (Fsp3) is 0.120. The van der Waals surface area contributed by atoms with Crippen LogP contribution in [0.3, 0.4) is 0 Å². The summed E-state index contributed by atoms with van der Waals surface area (Å²) < 4.78 is 0. The molecule has 0 spiro atoms. The topological polar surface area (TPSA) is 0 Å². The summed E-state index contributed by atoms with van der Waals surface area (Å²) >= 11 is 0. The van der Waals surface area contributed by atoms with Crippen LogP contribution in [0.15, 0.2) is 158 Å². The highest BCUT2D eigenvalue weighted by Crippen LogP contribution is 2.59. The molecule has 2 aliphatic rings. The molecule has 0 aromatic heterocycles. The number of hydrogen-bond donors (Lipinski definition) is 0. The predicted molar refractivity (Wildman–Crippen MR) is 213 cm³/mol. The molecule has 0 heteroatoms. The molecule has 2 aliphatic carbocycles. The molecule has 0 nitrogen and oxygen atoms in total. The van der Waals surface area contributed by atoms with Crippen molar-refractivity contribution in [1.82, 2.24) is 0 Å². The Morgan fingerprint density at radius 2 is 0.860 bits per heavy atom. The zero-order valence-corrected chi connectivity index (χ0v) is 29.0. The Bertz CT molecular complexity index is 2690. The second-order valence-electron chi connectivity index (χ2n) is 15.4. The smallest absolute Gasteiger partial charge is 0.0162 e. The minimum atomic E-state index is -0.131. The molecule has 0 N–H and O–H groups in total. The largest absolute Gasteiger partial charge is 0.0622 e. The molecule has 0 saturated carbocycles. The van der Waals surface area contributed by atoms with Crippen molar-refractivity contribution in [3.8, 4) is 55.6 Å². The molecule has 0 bridgehead atoms. The molecule has 0 heterocycles. The summed E-state index contributed by atoms with van der Waals surface area (Å²) in [6.07, 6.45) is 0. The summed E-state index contributed by atoms with van der Waals surface area (Å²) in [5.74, 6) is 0. The van der Waals surface area contributed by atoms with Crippen molar-refractivity contribution >= 4 is 21.5 Å². The van der Waals surface area contributed by atoms with Crippen LogP contribution < -0.4 is 0 Å². The van der Waals surface area contributed by atoms with E-state index in [0.717, 1.165) is 0 Å². The van der Waals surface area contributed by atoms with Gasteiger partial charge in [0.2, 0.25) is 0 Å². The van der Waals surface area contributed by atoms with Crippen LogP contribution in [0.4, 0.5) is 0 Å². The minimum Gasteiger partial charge on any atom is -0.0622 e. The Kier molecular flexibility index (Phi) is 6.07. The van der Waals surface area contributed by atoms with E-state index in [1.54, 1.807) is 0 Å². The molecule has 0 amide bonds. The number of fused-ring (bicyclic) bond motifs is 9. The zero-order chi connectivity index (χ0) is 33.8. The van der Waals surface area contributed by atoms with Gasteiger partial charge in [-0.05, 0) is 130 Å². The molecule has 0 atom stereocenters. The molecule has 238 valence electrons. The van der Waals surface area contributed by atoms with E-state index in [1.165, 1.54) is 99.4 Å². The van der Waals surface area contributed by atoms with E-state index in [0.29, 0.717) is 0 Å². The van der Waals surface area contributed by atoms with Gasteiger partial charge >= 0.3 is 0 Å². The van der Waals surface area contributed by atoms with Crippen LogP contribution in [0.1, 0.15) is 49.9 Å². The maximum atomic E-state index is 2.49. The Morgan fingerprint density at radius 3 is 1.62 bits per heavy atom. The molecular formula is C50H38. The van der Waals surface area contributed by atoms with Crippen molar-refractivity contribution in [3.63, 3.8) is 0 Å². The van der Waals surface area contributed by atoms with E-state index < -0.39 is 0 Å². The standard InChI is InChI=1S/C50H38/c1-49(2)45-17-11-10-16-40(45)42-24-25-43-41-23-22-36(30-46(41)50(3,4)48(43)47(42)49)44-29-38(28-35-14-8-9-15-39(35)44)34-21-19-32-18-20-33(26-37(32)27-34)31-12-6-5-7-13-31/h5-30H,1-4H3. The van der Waals surface area contributed by atoms with E-state index >= 15 is 0 Å². The SMILES string of the molecule is CC1(C)c2ccccc2-c2ccc3c(c21)C(C)(C)c1cc(-c2cc(-c4ccc5ccc(-c6ccccc6)cc5c4)cc4ccccc24)ccc1-3. The second-order valence-corrected chi connectivity index (χ2v) is 15.4. The third-order valence-corrected chi connectivity index (χ3v) is 11.8. The van der Waals surface area contributed by atoms with Gasteiger partial charge in [-0.2, -0.15) is 0 Å². The lowest BCUT2D eigenvalue weighted by molar-refractivity contribution is 0.601. The predicted octanol–water partition coefficient (Wildman–Crippen LogP) is 13.6. The van der Waals surface area contributed by atoms with Gasteiger partial charge in [0.1, 0.15) is 0 Å². The number of benzene rings is 8. The lowest BCUT2D eigenvalue weighted by Gasteiger charge is -2.30. The molecule has 50 heavy (non-hydrogen) atoms. The molecule has 0 saturated heterocycles. The third kappa shape index (κ3) is 4.12. The molecule has 10 rings (SSSR count). The van der Waals surface area contributed by atoms with Crippen molar-refractivity contribution in [2.75, 3.05) is 0 Å². The van der Waals surface area contributed by atoms with Crippen LogP contribution in [-0.4, -0.2) is 0 Å². The number of rotatable bonds is 3. The van der Waals surface area contributed by atoms with E-state index in [2.05, 4.69) is 185 Å². The summed E-state index contributed by atoms with van der Waals surface area (Å²) in [6, 6.07) is 59.0. The normalized spacial score (nSPS) is 14.7. The first kappa shape index (κ1) is 29.2. The van der Waals surface area contributed by atoms with Crippen LogP contribution in [0.25, 0.3) is 77.2 Å². The van der Waals surface area contributed by atoms with E-state index in [9.17, 15) is 0 Å². The number of hydrogen-bond acceptors (Lipinski definition) is 0. The van der Waals surface area contributed by atoms with Gasteiger partial charge in [-0.15, -0.1) is 0 Å². The first-order valence-corrected chi connectivity index (χ1v) is 17.8. The van der Waals surface area contributed by atoms with Gasteiger partial charge in [-0.25, -0.2) is 0 Å². The summed E-state index contributed by atoms with van der Waals surface area (Å²) in [4.78, 5) is 0. The molecule has 0 aliphatic heterocycles. The molecule has 8 aromatic rings. The van der Waals surface area contributed by atoms with Crippen LogP contribution >= 0.6 is 0 Å². The fourth-order valence-electron chi connectivity index (χ4n) is 9.30. The van der Waals surface area contributed by atoms with Crippen LogP contribution in [0, 0.1) is 0 Å². The summed E-state index contributed by atoms with van der Waals surface area (Å²) in [6.45, 7) is 9.70. The van der Waals surface area contributed by atoms with Gasteiger partial charge in [-0.1, -0.05) is 155 Å². The van der Waals surface area contributed by atoms with Crippen molar-refractivity contribution < 1.29 is 0 Å². The molecule has 0 fully saturated rings. The van der Waals surface area contributed by atoms with Gasteiger partial charge < -0.3 is 0 Å².